The fourth-order valence-corrected chi connectivity index (χ4v) is 1.90. The van der Waals surface area contributed by atoms with Crippen LogP contribution >= 0.6 is 0 Å². The van der Waals surface area contributed by atoms with Crippen LogP contribution < -0.4 is 5.32 Å². The van der Waals surface area contributed by atoms with Gasteiger partial charge in [0.25, 0.3) is 0 Å². The molecule has 0 fully saturated rings. The van der Waals surface area contributed by atoms with E-state index in [1.165, 1.54) is 0 Å². The van der Waals surface area contributed by atoms with E-state index in [9.17, 15) is 4.79 Å². The number of fused-ring (bicyclic) bond motifs is 1. The van der Waals surface area contributed by atoms with Crippen molar-refractivity contribution < 1.29 is 4.79 Å². The van der Waals surface area contributed by atoms with Gasteiger partial charge in [-0.3, -0.25) is 9.78 Å². The molecule has 0 aliphatic rings. The van der Waals surface area contributed by atoms with E-state index >= 15 is 0 Å². The van der Waals surface area contributed by atoms with Crippen molar-refractivity contribution in [1.29, 1.82) is 0 Å². The van der Waals surface area contributed by atoms with Crippen LogP contribution in [0.4, 0.5) is 5.69 Å². The summed E-state index contributed by atoms with van der Waals surface area (Å²) in [6, 6.07) is 9.85. The van der Waals surface area contributed by atoms with Crippen LogP contribution in [-0.2, 0) is 4.79 Å². The van der Waals surface area contributed by atoms with Gasteiger partial charge in [0.15, 0.2) is 0 Å². The van der Waals surface area contributed by atoms with Gasteiger partial charge in [-0.2, -0.15) is 0 Å². The zero-order valence-corrected chi connectivity index (χ0v) is 10.9. The van der Waals surface area contributed by atoms with E-state index in [0.29, 0.717) is 6.42 Å². The molecular formula is C15H18N2O. The standard InChI is InChI=1S/C15H18N2O/c1-3-4-8-14(18)17-13-7-5-6-12-10-9-11(2)16-15(12)13/h5-7,9-10H,3-4,8H2,1-2H3,(H,17,18). The Labute approximate surface area is 107 Å². The maximum Gasteiger partial charge on any atom is 0.224 e. The molecule has 0 bridgehead atoms. The normalized spacial score (nSPS) is 10.6. The lowest BCUT2D eigenvalue weighted by Crippen LogP contribution is -2.11. The van der Waals surface area contributed by atoms with Crippen molar-refractivity contribution >= 4 is 22.5 Å². The number of pyridine rings is 1. The van der Waals surface area contributed by atoms with Gasteiger partial charge < -0.3 is 5.32 Å². The highest BCUT2D eigenvalue weighted by molar-refractivity contribution is 6.00. The molecule has 1 aromatic carbocycles. The lowest BCUT2D eigenvalue weighted by Gasteiger charge is -2.08. The van der Waals surface area contributed by atoms with Crippen molar-refractivity contribution in [3.8, 4) is 0 Å². The Bertz CT molecular complexity index is 563. The van der Waals surface area contributed by atoms with Crippen LogP contribution in [0, 0.1) is 6.92 Å². The average molecular weight is 242 g/mol. The second-order valence-electron chi connectivity index (χ2n) is 4.48. The molecule has 94 valence electrons. The number of aromatic nitrogens is 1. The molecule has 0 radical (unpaired) electrons. The van der Waals surface area contributed by atoms with E-state index < -0.39 is 0 Å². The highest BCUT2D eigenvalue weighted by atomic mass is 16.1. The molecule has 0 saturated carbocycles. The molecule has 18 heavy (non-hydrogen) atoms. The minimum absolute atomic E-state index is 0.0626. The monoisotopic (exact) mass is 242 g/mol. The van der Waals surface area contributed by atoms with E-state index in [-0.39, 0.29) is 5.91 Å². The molecule has 0 saturated heterocycles. The fraction of sp³-hybridized carbons (Fsp3) is 0.333. The summed E-state index contributed by atoms with van der Waals surface area (Å²) in [4.78, 5) is 16.3. The van der Waals surface area contributed by atoms with Gasteiger partial charge in [-0.1, -0.05) is 31.5 Å². The van der Waals surface area contributed by atoms with Gasteiger partial charge in [0.2, 0.25) is 5.91 Å². The third-order valence-corrected chi connectivity index (χ3v) is 2.89. The van der Waals surface area contributed by atoms with Gasteiger partial charge in [-0.05, 0) is 25.5 Å². The lowest BCUT2D eigenvalue weighted by molar-refractivity contribution is -0.116. The maximum atomic E-state index is 11.8. The third kappa shape index (κ3) is 2.86. The number of aryl methyl sites for hydroxylation is 1. The van der Waals surface area contributed by atoms with E-state index in [4.69, 9.17) is 0 Å². The summed E-state index contributed by atoms with van der Waals surface area (Å²) in [6.45, 7) is 4.03. The zero-order valence-electron chi connectivity index (χ0n) is 10.9. The Morgan fingerprint density at radius 3 is 2.89 bits per heavy atom. The number of nitrogens with one attached hydrogen (secondary N) is 1. The predicted octanol–water partition coefficient (Wildman–Crippen LogP) is 3.67. The molecular weight excluding hydrogens is 224 g/mol. The van der Waals surface area contributed by atoms with Crippen molar-refractivity contribution in [2.45, 2.75) is 33.1 Å². The van der Waals surface area contributed by atoms with Crippen LogP contribution in [0.25, 0.3) is 10.9 Å². The molecule has 0 aliphatic heterocycles. The summed E-state index contributed by atoms with van der Waals surface area (Å²) in [5.41, 5.74) is 2.62. The van der Waals surface area contributed by atoms with Crippen LogP contribution in [0.15, 0.2) is 30.3 Å². The molecule has 0 spiro atoms. The van der Waals surface area contributed by atoms with Gasteiger partial charge in [-0.25, -0.2) is 0 Å². The Morgan fingerprint density at radius 1 is 1.28 bits per heavy atom. The van der Waals surface area contributed by atoms with Gasteiger partial charge >= 0.3 is 0 Å². The van der Waals surface area contributed by atoms with Gasteiger partial charge in [0, 0.05) is 17.5 Å². The van der Waals surface area contributed by atoms with E-state index in [2.05, 4.69) is 17.2 Å². The third-order valence-electron chi connectivity index (χ3n) is 2.89. The number of para-hydroxylation sites is 1. The summed E-state index contributed by atoms with van der Waals surface area (Å²) in [5.74, 6) is 0.0626. The molecule has 3 heteroatoms. The van der Waals surface area contributed by atoms with Crippen LogP contribution in [0.2, 0.25) is 0 Å². The number of rotatable bonds is 4. The summed E-state index contributed by atoms with van der Waals surface area (Å²) < 4.78 is 0. The van der Waals surface area contributed by atoms with E-state index in [0.717, 1.165) is 35.1 Å². The first kappa shape index (κ1) is 12.6. The number of nitrogens with zero attached hydrogens (tertiary/aromatic N) is 1. The van der Waals surface area contributed by atoms with E-state index in [1.807, 2.05) is 37.3 Å². The highest BCUT2D eigenvalue weighted by Gasteiger charge is 2.06. The Morgan fingerprint density at radius 2 is 2.11 bits per heavy atom. The van der Waals surface area contributed by atoms with Crippen molar-refractivity contribution in [2.75, 3.05) is 5.32 Å². The number of hydrogen-bond donors (Lipinski definition) is 1. The topological polar surface area (TPSA) is 42.0 Å². The van der Waals surface area contributed by atoms with Crippen molar-refractivity contribution in [1.82, 2.24) is 4.98 Å². The summed E-state index contributed by atoms with van der Waals surface area (Å²) in [5, 5.41) is 4.00. The lowest BCUT2D eigenvalue weighted by atomic mass is 10.1. The number of anilines is 1. The Kier molecular flexibility index (Phi) is 3.92. The Hall–Kier alpha value is -1.90. The van der Waals surface area contributed by atoms with Gasteiger partial charge in [0.1, 0.15) is 0 Å². The molecule has 1 N–H and O–H groups in total. The molecule has 3 nitrogen and oxygen atoms in total. The number of unbranched alkanes of at least 4 members (excludes halogenated alkanes) is 1. The van der Waals surface area contributed by atoms with Crippen LogP contribution in [-0.4, -0.2) is 10.9 Å². The Balaban J connectivity index is 2.27. The molecule has 2 aromatic rings. The molecule has 1 amide bonds. The first-order chi connectivity index (χ1) is 8.70. The van der Waals surface area contributed by atoms with Crippen molar-refractivity contribution in [2.24, 2.45) is 0 Å². The molecule has 1 aromatic heterocycles. The zero-order chi connectivity index (χ0) is 13.0. The van der Waals surface area contributed by atoms with Crippen molar-refractivity contribution in [3.05, 3.63) is 36.0 Å². The number of amides is 1. The second-order valence-corrected chi connectivity index (χ2v) is 4.48. The maximum absolute atomic E-state index is 11.8. The predicted molar refractivity (Wildman–Crippen MR) is 74.6 cm³/mol. The van der Waals surface area contributed by atoms with Gasteiger partial charge in [0.05, 0.1) is 11.2 Å². The average Bonchev–Trinajstić information content (AvgIpc) is 2.37. The van der Waals surface area contributed by atoms with Crippen LogP contribution in [0.3, 0.4) is 0 Å². The fourth-order valence-electron chi connectivity index (χ4n) is 1.90. The molecule has 1 heterocycles. The van der Waals surface area contributed by atoms with E-state index in [1.54, 1.807) is 0 Å². The number of carbonyl (C=O) groups excluding carboxylic acids is 1. The molecule has 0 unspecified atom stereocenters. The van der Waals surface area contributed by atoms with Crippen LogP contribution in [0.1, 0.15) is 31.9 Å². The first-order valence-electron chi connectivity index (χ1n) is 6.37. The summed E-state index contributed by atoms with van der Waals surface area (Å²) in [6.07, 6.45) is 2.52. The van der Waals surface area contributed by atoms with Crippen LogP contribution in [0.5, 0.6) is 0 Å². The van der Waals surface area contributed by atoms with Gasteiger partial charge in [-0.15, -0.1) is 0 Å². The highest BCUT2D eigenvalue weighted by Crippen LogP contribution is 2.21. The van der Waals surface area contributed by atoms with Crippen molar-refractivity contribution in [3.63, 3.8) is 0 Å². The number of carbonyl (C=O) groups is 1. The summed E-state index contributed by atoms with van der Waals surface area (Å²) >= 11 is 0. The molecule has 0 aliphatic carbocycles. The smallest absolute Gasteiger partial charge is 0.224 e. The minimum Gasteiger partial charge on any atom is -0.324 e. The summed E-state index contributed by atoms with van der Waals surface area (Å²) in [7, 11) is 0. The number of benzene rings is 1. The largest absolute Gasteiger partial charge is 0.324 e. The minimum atomic E-state index is 0.0626. The molecule has 0 atom stereocenters. The molecule has 2 rings (SSSR count). The second kappa shape index (κ2) is 5.63. The number of hydrogen-bond acceptors (Lipinski definition) is 2. The SMILES string of the molecule is CCCCC(=O)Nc1cccc2ccc(C)nc12. The quantitative estimate of drug-likeness (QED) is 0.888. The first-order valence-corrected chi connectivity index (χ1v) is 6.37.